The molecule has 1 aromatic carbocycles. The maximum atomic E-state index is 12.4. The van der Waals surface area contributed by atoms with Crippen LogP contribution in [0.15, 0.2) is 36.5 Å². The van der Waals surface area contributed by atoms with Crippen LogP contribution in [0.25, 0.3) is 0 Å². The first-order chi connectivity index (χ1) is 10.9. The summed E-state index contributed by atoms with van der Waals surface area (Å²) in [6.45, 7) is 1.62. The van der Waals surface area contributed by atoms with Crippen molar-refractivity contribution < 1.29 is 14.7 Å². The predicted molar refractivity (Wildman–Crippen MR) is 86.4 cm³/mol. The van der Waals surface area contributed by atoms with E-state index in [0.717, 1.165) is 17.5 Å². The van der Waals surface area contributed by atoms with Crippen LogP contribution in [0.3, 0.4) is 0 Å². The van der Waals surface area contributed by atoms with Crippen molar-refractivity contribution in [1.29, 1.82) is 0 Å². The minimum Gasteiger partial charge on any atom is -0.383 e. The summed E-state index contributed by atoms with van der Waals surface area (Å²) in [7, 11) is 1.72. The van der Waals surface area contributed by atoms with Gasteiger partial charge in [0.05, 0.1) is 6.54 Å². The fraction of sp³-hybridized carbons (Fsp3) is 0.333. The molecule has 0 fully saturated rings. The van der Waals surface area contributed by atoms with E-state index in [1.54, 1.807) is 23.9 Å². The summed E-state index contributed by atoms with van der Waals surface area (Å²) in [4.78, 5) is 23.8. The van der Waals surface area contributed by atoms with Crippen LogP contribution in [0.1, 0.15) is 45.3 Å². The molecule has 1 unspecified atom stereocenters. The van der Waals surface area contributed by atoms with Crippen molar-refractivity contribution in [2.24, 2.45) is 7.05 Å². The van der Waals surface area contributed by atoms with Crippen LogP contribution < -0.4 is 5.32 Å². The number of nitrogens with zero attached hydrogens (tertiary/aromatic N) is 1. The van der Waals surface area contributed by atoms with Crippen LogP contribution in [-0.2, 0) is 19.1 Å². The summed E-state index contributed by atoms with van der Waals surface area (Å²) in [5, 5.41) is 13.6. The third-order valence-corrected chi connectivity index (χ3v) is 4.51. The highest BCUT2D eigenvalue weighted by atomic mass is 16.3. The summed E-state index contributed by atoms with van der Waals surface area (Å²) < 4.78 is 1.62. The average molecular weight is 312 g/mol. The van der Waals surface area contributed by atoms with Crippen LogP contribution in [-0.4, -0.2) is 27.9 Å². The van der Waals surface area contributed by atoms with E-state index in [1.807, 2.05) is 24.3 Å². The number of ketones is 1. The SMILES string of the molecule is CC(=O)c1cc(C(=O)NCC2(O)CCc3ccccc32)n(C)c1. The highest BCUT2D eigenvalue weighted by Gasteiger charge is 2.36. The van der Waals surface area contributed by atoms with Gasteiger partial charge >= 0.3 is 0 Å². The summed E-state index contributed by atoms with van der Waals surface area (Å²) in [6, 6.07) is 9.34. The van der Waals surface area contributed by atoms with Crippen molar-refractivity contribution in [3.05, 3.63) is 58.9 Å². The lowest BCUT2D eigenvalue weighted by Gasteiger charge is -2.24. The van der Waals surface area contributed by atoms with Crippen molar-refractivity contribution in [3.63, 3.8) is 0 Å². The maximum absolute atomic E-state index is 12.4. The molecule has 1 aliphatic rings. The Balaban J connectivity index is 1.74. The normalized spacial score (nSPS) is 19.4. The summed E-state index contributed by atoms with van der Waals surface area (Å²) in [6.07, 6.45) is 3.04. The number of benzene rings is 1. The van der Waals surface area contributed by atoms with Crippen molar-refractivity contribution in [1.82, 2.24) is 9.88 Å². The molecule has 3 rings (SSSR count). The van der Waals surface area contributed by atoms with Gasteiger partial charge in [0, 0.05) is 18.8 Å². The zero-order valence-corrected chi connectivity index (χ0v) is 13.3. The van der Waals surface area contributed by atoms with Gasteiger partial charge in [-0.2, -0.15) is 0 Å². The lowest BCUT2D eigenvalue weighted by molar-refractivity contribution is 0.0368. The van der Waals surface area contributed by atoms with Gasteiger partial charge in [-0.1, -0.05) is 24.3 Å². The number of nitrogens with one attached hydrogen (secondary N) is 1. The van der Waals surface area contributed by atoms with Crippen molar-refractivity contribution in [2.45, 2.75) is 25.4 Å². The Hall–Kier alpha value is -2.40. The first kappa shape index (κ1) is 15.5. The van der Waals surface area contributed by atoms with Crippen LogP contribution >= 0.6 is 0 Å². The molecule has 0 bridgehead atoms. The van der Waals surface area contributed by atoms with E-state index in [2.05, 4.69) is 5.32 Å². The molecule has 0 spiro atoms. The fourth-order valence-corrected chi connectivity index (χ4v) is 3.15. The third kappa shape index (κ3) is 2.80. The number of carbonyl (C=O) groups excluding carboxylic acids is 2. The third-order valence-electron chi connectivity index (χ3n) is 4.51. The molecule has 1 amide bonds. The van der Waals surface area contributed by atoms with Crippen LogP contribution in [0.4, 0.5) is 0 Å². The fourth-order valence-electron chi connectivity index (χ4n) is 3.15. The van der Waals surface area contributed by atoms with Gasteiger partial charge in [0.25, 0.3) is 5.91 Å². The molecular weight excluding hydrogens is 292 g/mol. The molecule has 1 aromatic heterocycles. The topological polar surface area (TPSA) is 71.3 Å². The largest absolute Gasteiger partial charge is 0.383 e. The first-order valence-electron chi connectivity index (χ1n) is 7.67. The van der Waals surface area contributed by atoms with Crippen molar-refractivity contribution >= 4 is 11.7 Å². The van der Waals surface area contributed by atoms with E-state index in [9.17, 15) is 14.7 Å². The lowest BCUT2D eigenvalue weighted by atomic mass is 9.96. The lowest BCUT2D eigenvalue weighted by Crippen LogP contribution is -2.39. The second-order valence-electron chi connectivity index (χ2n) is 6.15. The number of aryl methyl sites for hydroxylation is 2. The number of hydrogen-bond acceptors (Lipinski definition) is 3. The molecular formula is C18H20N2O3. The molecule has 2 N–H and O–H groups in total. The van der Waals surface area contributed by atoms with Crippen LogP contribution in [0.5, 0.6) is 0 Å². The minimum atomic E-state index is -1.03. The number of aliphatic hydroxyl groups is 1. The molecule has 1 aliphatic carbocycles. The Morgan fingerprint density at radius 2 is 2.09 bits per heavy atom. The quantitative estimate of drug-likeness (QED) is 0.846. The molecule has 5 heteroatoms. The molecule has 1 atom stereocenters. The Labute approximate surface area is 134 Å². The van der Waals surface area contributed by atoms with Gasteiger partial charge in [-0.3, -0.25) is 9.59 Å². The highest BCUT2D eigenvalue weighted by molar-refractivity contribution is 5.99. The van der Waals surface area contributed by atoms with Gasteiger partial charge in [0.1, 0.15) is 11.3 Å². The molecule has 0 saturated carbocycles. The summed E-state index contributed by atoms with van der Waals surface area (Å²) in [5.41, 5.74) is 1.90. The van der Waals surface area contributed by atoms with E-state index < -0.39 is 5.60 Å². The number of amides is 1. The molecule has 23 heavy (non-hydrogen) atoms. The Morgan fingerprint density at radius 1 is 1.35 bits per heavy atom. The second kappa shape index (κ2) is 5.66. The zero-order valence-electron chi connectivity index (χ0n) is 13.3. The number of aromatic nitrogens is 1. The van der Waals surface area contributed by atoms with E-state index in [-0.39, 0.29) is 18.2 Å². The van der Waals surface area contributed by atoms with Crippen LogP contribution in [0.2, 0.25) is 0 Å². The van der Waals surface area contributed by atoms with E-state index in [4.69, 9.17) is 0 Å². The van der Waals surface area contributed by atoms with Gasteiger partial charge in [-0.15, -0.1) is 0 Å². The number of rotatable bonds is 4. The Kier molecular flexibility index (Phi) is 3.82. The summed E-state index contributed by atoms with van der Waals surface area (Å²) >= 11 is 0. The van der Waals surface area contributed by atoms with Gasteiger partial charge in [0.2, 0.25) is 0 Å². The van der Waals surface area contributed by atoms with Crippen LogP contribution in [0, 0.1) is 0 Å². The van der Waals surface area contributed by atoms with E-state index >= 15 is 0 Å². The first-order valence-corrected chi connectivity index (χ1v) is 7.67. The minimum absolute atomic E-state index is 0.0806. The van der Waals surface area contributed by atoms with Gasteiger partial charge < -0.3 is 15.0 Å². The highest BCUT2D eigenvalue weighted by Crippen LogP contribution is 2.36. The number of hydrogen-bond donors (Lipinski definition) is 2. The maximum Gasteiger partial charge on any atom is 0.268 e. The average Bonchev–Trinajstić information content (AvgIpc) is 3.08. The Morgan fingerprint density at radius 3 is 2.78 bits per heavy atom. The molecule has 5 nitrogen and oxygen atoms in total. The molecule has 1 heterocycles. The number of fused-ring (bicyclic) bond motifs is 1. The van der Waals surface area contributed by atoms with Gasteiger partial charge in [0.15, 0.2) is 5.78 Å². The zero-order chi connectivity index (χ0) is 16.6. The predicted octanol–water partition coefficient (Wildman–Crippen LogP) is 1.79. The van der Waals surface area contributed by atoms with E-state index in [0.29, 0.717) is 17.7 Å². The summed E-state index contributed by atoms with van der Waals surface area (Å²) in [5.74, 6) is -0.374. The molecule has 120 valence electrons. The standard InChI is InChI=1S/C18H20N2O3/c1-12(21)14-9-16(20(2)10-14)17(22)19-11-18(23)8-7-13-5-3-4-6-15(13)18/h3-6,9-10,23H,7-8,11H2,1-2H3,(H,19,22). The van der Waals surface area contributed by atoms with Gasteiger partial charge in [-0.05, 0) is 37.0 Å². The second-order valence-corrected chi connectivity index (χ2v) is 6.15. The monoisotopic (exact) mass is 312 g/mol. The molecule has 0 aliphatic heterocycles. The molecule has 0 radical (unpaired) electrons. The number of Topliss-reactive ketones (excluding diaryl/α,β-unsaturated/α-hetero) is 1. The van der Waals surface area contributed by atoms with E-state index in [1.165, 1.54) is 6.92 Å². The smallest absolute Gasteiger partial charge is 0.268 e. The van der Waals surface area contributed by atoms with Crippen molar-refractivity contribution in [2.75, 3.05) is 6.54 Å². The van der Waals surface area contributed by atoms with Crippen molar-refractivity contribution in [3.8, 4) is 0 Å². The number of carbonyl (C=O) groups is 2. The Bertz CT molecular complexity index is 778. The molecule has 2 aromatic rings. The van der Waals surface area contributed by atoms with Gasteiger partial charge in [-0.25, -0.2) is 0 Å². The molecule has 0 saturated heterocycles.